The number of rotatable bonds is 4. The first-order chi connectivity index (χ1) is 8.13. The summed E-state index contributed by atoms with van der Waals surface area (Å²) in [5.41, 5.74) is 0.496. The van der Waals surface area contributed by atoms with E-state index in [9.17, 15) is 9.18 Å². The first-order valence-electron chi connectivity index (χ1n) is 5.45. The normalized spacial score (nSPS) is 14.8. The highest BCUT2D eigenvalue weighted by Crippen LogP contribution is 2.28. The first-order valence-corrected chi connectivity index (χ1v) is 6.78. The predicted octanol–water partition coefficient (Wildman–Crippen LogP) is 3.43. The first kappa shape index (κ1) is 12.8. The van der Waals surface area contributed by atoms with Crippen molar-refractivity contribution in [2.24, 2.45) is 0 Å². The zero-order chi connectivity index (χ0) is 12.4. The zero-order valence-electron chi connectivity index (χ0n) is 9.13. The van der Waals surface area contributed by atoms with Gasteiger partial charge in [0.15, 0.2) is 0 Å². The van der Waals surface area contributed by atoms with Gasteiger partial charge in [0.25, 0.3) is 5.91 Å². The lowest BCUT2D eigenvalue weighted by atomic mass is 10.2. The molecule has 92 valence electrons. The Morgan fingerprint density at radius 1 is 1.53 bits per heavy atom. The van der Waals surface area contributed by atoms with Crippen molar-refractivity contribution in [1.29, 1.82) is 0 Å². The standard InChI is InChI=1S/C12H12BrClFNO/c13-10-7-8(1-4-11(10)15)12(17)16(6-5-14)9-2-3-9/h1,4,7,9H,2-3,5-6H2. The molecule has 0 saturated heterocycles. The smallest absolute Gasteiger partial charge is 0.254 e. The Bertz CT molecular complexity index is 437. The summed E-state index contributed by atoms with van der Waals surface area (Å²) in [5, 5.41) is 0. The fraction of sp³-hybridized carbons (Fsp3) is 0.417. The monoisotopic (exact) mass is 319 g/mol. The summed E-state index contributed by atoms with van der Waals surface area (Å²) in [6.45, 7) is 0.542. The zero-order valence-corrected chi connectivity index (χ0v) is 11.5. The highest BCUT2D eigenvalue weighted by Gasteiger charge is 2.32. The number of hydrogen-bond donors (Lipinski definition) is 0. The van der Waals surface area contributed by atoms with Crippen LogP contribution in [0.5, 0.6) is 0 Å². The topological polar surface area (TPSA) is 20.3 Å². The molecule has 0 unspecified atom stereocenters. The third kappa shape index (κ3) is 2.99. The fourth-order valence-corrected chi connectivity index (χ4v) is 2.28. The largest absolute Gasteiger partial charge is 0.334 e. The summed E-state index contributed by atoms with van der Waals surface area (Å²) in [6, 6.07) is 4.63. The third-order valence-electron chi connectivity index (χ3n) is 2.74. The second-order valence-electron chi connectivity index (χ2n) is 4.05. The van der Waals surface area contributed by atoms with Crippen LogP contribution in [-0.4, -0.2) is 29.3 Å². The van der Waals surface area contributed by atoms with Crippen LogP contribution in [0.3, 0.4) is 0 Å². The van der Waals surface area contributed by atoms with Crippen LogP contribution in [0, 0.1) is 5.82 Å². The van der Waals surface area contributed by atoms with Crippen molar-refractivity contribution in [2.75, 3.05) is 12.4 Å². The van der Waals surface area contributed by atoms with Crippen LogP contribution < -0.4 is 0 Å². The SMILES string of the molecule is O=C(c1ccc(F)c(Br)c1)N(CCCl)C1CC1. The van der Waals surface area contributed by atoms with E-state index in [1.165, 1.54) is 18.2 Å². The van der Waals surface area contributed by atoms with Crippen molar-refractivity contribution in [1.82, 2.24) is 4.90 Å². The predicted molar refractivity (Wildman–Crippen MR) is 68.9 cm³/mol. The van der Waals surface area contributed by atoms with E-state index in [-0.39, 0.29) is 11.7 Å². The van der Waals surface area contributed by atoms with Gasteiger partial charge in [-0.15, -0.1) is 11.6 Å². The van der Waals surface area contributed by atoms with E-state index in [1.807, 2.05) is 0 Å². The van der Waals surface area contributed by atoms with Gasteiger partial charge in [-0.1, -0.05) is 0 Å². The molecule has 17 heavy (non-hydrogen) atoms. The molecule has 1 aromatic rings. The van der Waals surface area contributed by atoms with Crippen LogP contribution in [0.2, 0.25) is 0 Å². The molecule has 0 aliphatic heterocycles. The average Bonchev–Trinajstić information content (AvgIpc) is 3.13. The van der Waals surface area contributed by atoms with Crippen LogP contribution >= 0.6 is 27.5 Å². The number of nitrogens with zero attached hydrogens (tertiary/aromatic N) is 1. The van der Waals surface area contributed by atoms with Gasteiger partial charge in [0.05, 0.1) is 4.47 Å². The summed E-state index contributed by atoms with van der Waals surface area (Å²) in [7, 11) is 0. The molecule has 0 radical (unpaired) electrons. The minimum absolute atomic E-state index is 0.0751. The molecular weight excluding hydrogens is 308 g/mol. The minimum Gasteiger partial charge on any atom is -0.334 e. The van der Waals surface area contributed by atoms with Gasteiger partial charge in [-0.25, -0.2) is 4.39 Å². The van der Waals surface area contributed by atoms with Gasteiger partial charge in [0, 0.05) is 24.0 Å². The van der Waals surface area contributed by atoms with Gasteiger partial charge in [0.2, 0.25) is 0 Å². The van der Waals surface area contributed by atoms with E-state index >= 15 is 0 Å². The summed E-state index contributed by atoms with van der Waals surface area (Å²) < 4.78 is 13.4. The molecule has 5 heteroatoms. The minimum atomic E-state index is -0.364. The molecule has 2 rings (SSSR count). The third-order valence-corrected chi connectivity index (χ3v) is 3.52. The molecular formula is C12H12BrClFNO. The number of alkyl halides is 1. The Hall–Kier alpha value is -0.610. The Morgan fingerprint density at radius 3 is 2.76 bits per heavy atom. The number of benzene rings is 1. The lowest BCUT2D eigenvalue weighted by Gasteiger charge is -2.21. The highest BCUT2D eigenvalue weighted by molar-refractivity contribution is 9.10. The number of carbonyl (C=O) groups is 1. The van der Waals surface area contributed by atoms with Gasteiger partial charge in [-0.3, -0.25) is 4.79 Å². The lowest BCUT2D eigenvalue weighted by Crippen LogP contribution is -2.34. The molecule has 2 nitrogen and oxygen atoms in total. The maximum atomic E-state index is 13.1. The summed E-state index contributed by atoms with van der Waals surface area (Å²) in [4.78, 5) is 14.0. The molecule has 0 bridgehead atoms. The van der Waals surface area contributed by atoms with Gasteiger partial charge in [-0.2, -0.15) is 0 Å². The molecule has 1 amide bonds. The van der Waals surface area contributed by atoms with E-state index < -0.39 is 0 Å². The maximum absolute atomic E-state index is 13.1. The molecule has 1 aliphatic rings. The summed E-state index contributed by atoms with van der Waals surface area (Å²) in [5.74, 6) is -0.0179. The molecule has 0 N–H and O–H groups in total. The van der Waals surface area contributed by atoms with Crippen molar-refractivity contribution in [2.45, 2.75) is 18.9 Å². The van der Waals surface area contributed by atoms with E-state index in [1.54, 1.807) is 4.90 Å². The van der Waals surface area contributed by atoms with Crippen molar-refractivity contribution in [3.63, 3.8) is 0 Å². The van der Waals surface area contributed by atoms with Crippen molar-refractivity contribution >= 4 is 33.4 Å². The van der Waals surface area contributed by atoms with Gasteiger partial charge >= 0.3 is 0 Å². The van der Waals surface area contributed by atoms with Crippen molar-refractivity contribution in [3.05, 3.63) is 34.1 Å². The Labute approximate surface area is 113 Å². The second-order valence-corrected chi connectivity index (χ2v) is 5.28. The van der Waals surface area contributed by atoms with Gasteiger partial charge in [-0.05, 0) is 47.0 Å². The van der Waals surface area contributed by atoms with Crippen LogP contribution in [-0.2, 0) is 0 Å². The van der Waals surface area contributed by atoms with E-state index in [4.69, 9.17) is 11.6 Å². The van der Waals surface area contributed by atoms with Crippen LogP contribution in [0.4, 0.5) is 4.39 Å². The van der Waals surface area contributed by atoms with Crippen molar-refractivity contribution in [3.8, 4) is 0 Å². The maximum Gasteiger partial charge on any atom is 0.254 e. The molecule has 0 heterocycles. The summed E-state index contributed by atoms with van der Waals surface area (Å²) >= 11 is 8.78. The molecule has 1 fully saturated rings. The Morgan fingerprint density at radius 2 is 2.24 bits per heavy atom. The van der Waals surface area contributed by atoms with Crippen LogP contribution in [0.1, 0.15) is 23.2 Å². The number of amides is 1. The van der Waals surface area contributed by atoms with Crippen molar-refractivity contribution < 1.29 is 9.18 Å². The molecule has 1 saturated carbocycles. The second kappa shape index (κ2) is 5.36. The van der Waals surface area contributed by atoms with Gasteiger partial charge < -0.3 is 4.90 Å². The molecule has 1 aliphatic carbocycles. The summed E-state index contributed by atoms with van der Waals surface area (Å²) in [6.07, 6.45) is 2.07. The average molecular weight is 321 g/mol. The highest BCUT2D eigenvalue weighted by atomic mass is 79.9. The van der Waals surface area contributed by atoms with Crippen LogP contribution in [0.25, 0.3) is 0 Å². The van der Waals surface area contributed by atoms with Crippen LogP contribution in [0.15, 0.2) is 22.7 Å². The number of halogens is 3. The molecule has 0 spiro atoms. The lowest BCUT2D eigenvalue weighted by molar-refractivity contribution is 0.0753. The Balaban J connectivity index is 2.19. The van der Waals surface area contributed by atoms with E-state index in [0.29, 0.717) is 28.5 Å². The van der Waals surface area contributed by atoms with E-state index in [0.717, 1.165) is 12.8 Å². The molecule has 0 aromatic heterocycles. The van der Waals surface area contributed by atoms with E-state index in [2.05, 4.69) is 15.9 Å². The molecule has 0 atom stereocenters. The Kier molecular flexibility index (Phi) is 4.05. The molecule has 1 aromatic carbocycles. The number of carbonyl (C=O) groups excluding carboxylic acids is 1. The fourth-order valence-electron chi connectivity index (χ4n) is 1.72. The number of hydrogen-bond acceptors (Lipinski definition) is 1. The quantitative estimate of drug-likeness (QED) is 0.778. The van der Waals surface area contributed by atoms with Gasteiger partial charge in [0.1, 0.15) is 5.82 Å².